The molecule has 9 nitrogen and oxygen atoms in total. The second kappa shape index (κ2) is 14.4. The second-order valence-electron chi connectivity index (χ2n) is 10.4. The van der Waals surface area contributed by atoms with Crippen LogP contribution >= 0.6 is 0 Å². The van der Waals surface area contributed by atoms with Gasteiger partial charge in [0.05, 0.1) is 41.0 Å². The second-order valence-corrected chi connectivity index (χ2v) is 10.4. The summed E-state index contributed by atoms with van der Waals surface area (Å²) >= 11 is 0. The highest BCUT2D eigenvalue weighted by Crippen LogP contribution is 2.41. The van der Waals surface area contributed by atoms with E-state index in [1.807, 2.05) is 54.5 Å². The fourth-order valence-electron chi connectivity index (χ4n) is 5.23. The number of carbonyl (C=O) groups is 2. The maximum atomic E-state index is 14.5. The van der Waals surface area contributed by atoms with E-state index in [0.717, 1.165) is 47.0 Å². The number of fused-ring (bicyclic) bond motifs is 4. The van der Waals surface area contributed by atoms with Crippen molar-refractivity contribution in [2.45, 2.75) is 99.8 Å². The number of carbonyl (C=O) groups excluding carboxylic acids is 1. The van der Waals surface area contributed by atoms with E-state index in [9.17, 15) is 18.8 Å². The molecule has 1 aliphatic heterocycles. The number of aromatic nitrogens is 2. The van der Waals surface area contributed by atoms with Gasteiger partial charge in [-0.1, -0.05) is 27.7 Å². The van der Waals surface area contributed by atoms with Crippen molar-refractivity contribution in [1.29, 1.82) is 0 Å². The Bertz CT molecular complexity index is 1530. The molecule has 3 N–H and O–H groups in total. The van der Waals surface area contributed by atoms with Crippen LogP contribution in [0.3, 0.4) is 0 Å². The number of amides is 1. The lowest BCUT2D eigenvalue weighted by atomic mass is 9.85. The summed E-state index contributed by atoms with van der Waals surface area (Å²) in [6.07, 6.45) is 1.49. The average molecular weight is 586 g/mol. The average Bonchev–Trinajstić information content (AvgIpc) is 3.32. The number of primary amides is 1. The van der Waals surface area contributed by atoms with Crippen molar-refractivity contribution in [2.24, 2.45) is 5.73 Å². The van der Waals surface area contributed by atoms with Crippen molar-refractivity contribution in [3.63, 3.8) is 0 Å². The van der Waals surface area contributed by atoms with Gasteiger partial charge in [-0.2, -0.15) is 0 Å². The van der Waals surface area contributed by atoms with Gasteiger partial charge in [0.2, 0.25) is 5.91 Å². The van der Waals surface area contributed by atoms with E-state index >= 15 is 0 Å². The first-order valence-corrected chi connectivity index (χ1v) is 14.4. The van der Waals surface area contributed by atoms with Gasteiger partial charge in [-0.25, -0.2) is 14.2 Å². The van der Waals surface area contributed by atoms with Gasteiger partial charge in [0.15, 0.2) is 0 Å². The van der Waals surface area contributed by atoms with Crippen LogP contribution in [0.1, 0.15) is 87.8 Å². The van der Waals surface area contributed by atoms with Gasteiger partial charge in [0.25, 0.3) is 5.56 Å². The maximum absolute atomic E-state index is 14.5. The van der Waals surface area contributed by atoms with Crippen molar-refractivity contribution in [3.8, 4) is 11.4 Å². The lowest BCUT2D eigenvalue weighted by Gasteiger charge is -2.21. The zero-order valence-electron chi connectivity index (χ0n) is 26.2. The summed E-state index contributed by atoms with van der Waals surface area (Å²) in [5, 5.41) is 9.80. The fraction of sp³-hybridized carbons (Fsp3) is 0.500. The SMILES string of the molecule is CC.CC.COC(C)(C)CC(N)=O.Cc1cc2n(c(=O)c1COC(=O)O)Cc1c-2nc2cc(F)c(C)c3c2c1CCC3. The Morgan fingerprint density at radius 1 is 1.10 bits per heavy atom. The lowest BCUT2D eigenvalue weighted by Crippen LogP contribution is -2.29. The molecule has 1 aliphatic carbocycles. The number of hydrogen-bond acceptors (Lipinski definition) is 6. The zero-order valence-corrected chi connectivity index (χ0v) is 26.2. The number of ether oxygens (including phenoxy) is 2. The molecule has 0 atom stereocenters. The van der Waals surface area contributed by atoms with Crippen LogP contribution in [0.25, 0.3) is 22.3 Å². The Kier molecular flexibility index (Phi) is 11.8. The molecule has 0 spiro atoms. The molecule has 0 fully saturated rings. The molecule has 3 heterocycles. The molecular formula is C32H44FN3O6. The molecule has 0 radical (unpaired) electrons. The van der Waals surface area contributed by atoms with E-state index in [1.165, 1.54) is 6.07 Å². The first-order chi connectivity index (χ1) is 19.8. The first-order valence-electron chi connectivity index (χ1n) is 14.4. The molecule has 230 valence electrons. The number of nitrogens with zero attached hydrogens (tertiary/aromatic N) is 2. The third-order valence-electron chi connectivity index (χ3n) is 7.34. The predicted octanol–water partition coefficient (Wildman–Crippen LogP) is 6.20. The van der Waals surface area contributed by atoms with Crippen LogP contribution in [0.5, 0.6) is 0 Å². The molecule has 5 rings (SSSR count). The number of methoxy groups -OCH3 is 1. The molecule has 3 aromatic rings. The Morgan fingerprint density at radius 2 is 1.71 bits per heavy atom. The van der Waals surface area contributed by atoms with Crippen molar-refractivity contribution < 1.29 is 28.6 Å². The summed E-state index contributed by atoms with van der Waals surface area (Å²) < 4.78 is 25.7. The van der Waals surface area contributed by atoms with Crippen LogP contribution in [-0.2, 0) is 40.3 Å². The van der Waals surface area contributed by atoms with Crippen molar-refractivity contribution in [3.05, 3.63) is 61.7 Å². The van der Waals surface area contributed by atoms with Crippen LogP contribution < -0.4 is 11.3 Å². The summed E-state index contributed by atoms with van der Waals surface area (Å²) in [5.41, 5.74) is 11.1. The Hall–Kier alpha value is -3.79. The fourth-order valence-corrected chi connectivity index (χ4v) is 5.23. The van der Waals surface area contributed by atoms with Gasteiger partial charge >= 0.3 is 6.16 Å². The minimum Gasteiger partial charge on any atom is -0.450 e. The summed E-state index contributed by atoms with van der Waals surface area (Å²) in [6, 6.07) is 3.33. The van der Waals surface area contributed by atoms with Gasteiger partial charge in [0.1, 0.15) is 12.4 Å². The largest absolute Gasteiger partial charge is 0.506 e. The van der Waals surface area contributed by atoms with Gasteiger partial charge in [-0.15, -0.1) is 0 Å². The first kappa shape index (κ1) is 34.4. The Balaban J connectivity index is 0.000000406. The number of carboxylic acid groups (broad SMARTS) is 1. The van der Waals surface area contributed by atoms with E-state index in [1.54, 1.807) is 18.6 Å². The third-order valence-corrected chi connectivity index (χ3v) is 7.34. The highest BCUT2D eigenvalue weighted by molar-refractivity contribution is 5.92. The number of aryl methyl sites for hydroxylation is 3. The smallest absolute Gasteiger partial charge is 0.450 e. The molecular weight excluding hydrogens is 541 g/mol. The molecule has 0 bridgehead atoms. The summed E-state index contributed by atoms with van der Waals surface area (Å²) in [5.74, 6) is -0.581. The Morgan fingerprint density at radius 3 is 2.26 bits per heavy atom. The molecule has 1 aromatic carbocycles. The minimum absolute atomic E-state index is 0.250. The molecule has 2 aromatic heterocycles. The molecule has 0 saturated carbocycles. The minimum atomic E-state index is -1.42. The molecule has 42 heavy (non-hydrogen) atoms. The molecule has 2 aliphatic rings. The van der Waals surface area contributed by atoms with E-state index in [2.05, 4.69) is 4.74 Å². The van der Waals surface area contributed by atoms with Gasteiger partial charge in [-0.3, -0.25) is 9.59 Å². The standard InChI is InChI=1S/C22H19FN2O4.C6H13NO2.2C2H6/c1-10-6-18-20-14(8-25(18)21(26)15(10)9-29-22(27)28)13-5-3-4-12-11(2)16(23)7-17(24-20)19(12)13;1-6(2,9-3)4-5(7)8;2*1-2/h6-7H,3-5,8-9H2,1-2H3,(H,27,28);4H2,1-3H3,(H2,7,8);2*1-2H3. The number of rotatable bonds is 5. The number of pyridine rings is 2. The van der Waals surface area contributed by atoms with Crippen LogP contribution in [0, 0.1) is 19.7 Å². The topological polar surface area (TPSA) is 134 Å². The van der Waals surface area contributed by atoms with Gasteiger partial charge in [0, 0.05) is 24.1 Å². The van der Waals surface area contributed by atoms with Crippen molar-refractivity contribution >= 4 is 23.0 Å². The summed E-state index contributed by atoms with van der Waals surface area (Å²) in [4.78, 5) is 38.9. The predicted molar refractivity (Wildman–Crippen MR) is 162 cm³/mol. The summed E-state index contributed by atoms with van der Waals surface area (Å²) in [7, 11) is 1.56. The number of hydrogen-bond donors (Lipinski definition) is 2. The normalized spacial score (nSPS) is 12.4. The van der Waals surface area contributed by atoms with Crippen LogP contribution in [0.2, 0.25) is 0 Å². The quantitative estimate of drug-likeness (QED) is 0.266. The van der Waals surface area contributed by atoms with Crippen LogP contribution in [0.4, 0.5) is 9.18 Å². The highest BCUT2D eigenvalue weighted by Gasteiger charge is 2.30. The monoisotopic (exact) mass is 585 g/mol. The number of benzene rings is 1. The lowest BCUT2D eigenvalue weighted by molar-refractivity contribution is -0.122. The van der Waals surface area contributed by atoms with Crippen molar-refractivity contribution in [2.75, 3.05) is 7.11 Å². The molecule has 10 heteroatoms. The highest BCUT2D eigenvalue weighted by atomic mass is 19.1. The van der Waals surface area contributed by atoms with E-state index in [4.69, 9.17) is 20.6 Å². The van der Waals surface area contributed by atoms with E-state index in [0.29, 0.717) is 34.4 Å². The van der Waals surface area contributed by atoms with Crippen molar-refractivity contribution in [1.82, 2.24) is 9.55 Å². The van der Waals surface area contributed by atoms with E-state index in [-0.39, 0.29) is 30.3 Å². The Labute approximate surface area is 246 Å². The zero-order chi connectivity index (χ0) is 31.9. The maximum Gasteiger partial charge on any atom is 0.506 e. The van der Waals surface area contributed by atoms with Gasteiger partial charge in [-0.05, 0) is 75.3 Å². The molecule has 1 amide bonds. The number of nitrogens with two attached hydrogens (primary N) is 1. The number of halogens is 1. The van der Waals surface area contributed by atoms with Gasteiger partial charge < -0.3 is 24.9 Å². The molecule has 0 unspecified atom stereocenters. The van der Waals surface area contributed by atoms with Crippen LogP contribution in [-0.4, -0.2) is 39.4 Å². The van der Waals surface area contributed by atoms with Crippen LogP contribution in [0.15, 0.2) is 16.9 Å². The third kappa shape index (κ3) is 7.15. The molecule has 0 saturated heterocycles. The summed E-state index contributed by atoms with van der Waals surface area (Å²) in [6.45, 7) is 15.3. The van der Waals surface area contributed by atoms with E-state index < -0.39 is 11.8 Å².